The molecule has 1 aromatic carbocycles. The highest BCUT2D eigenvalue weighted by Crippen LogP contribution is 2.17. The van der Waals surface area contributed by atoms with Crippen LogP contribution in [0.25, 0.3) is 0 Å². The fraction of sp³-hybridized carbons (Fsp3) is 0.357. The maximum atomic E-state index is 5.79. The summed E-state index contributed by atoms with van der Waals surface area (Å²) in [6.07, 6.45) is 3.69. The van der Waals surface area contributed by atoms with Gasteiger partial charge in [-0.1, -0.05) is 6.07 Å². The molecule has 0 aliphatic rings. The molecule has 3 nitrogen and oxygen atoms in total. The Morgan fingerprint density at radius 2 is 1.88 bits per heavy atom. The molecule has 17 heavy (non-hydrogen) atoms. The zero-order valence-corrected chi connectivity index (χ0v) is 10.6. The van der Waals surface area contributed by atoms with Crippen molar-refractivity contribution in [1.29, 1.82) is 0 Å². The number of nitrogens with zero attached hydrogens (tertiary/aromatic N) is 2. The minimum absolute atomic E-state index is 0.566. The minimum atomic E-state index is 0.566. The van der Waals surface area contributed by atoms with Crippen molar-refractivity contribution in [3.8, 4) is 5.75 Å². The number of imidazole rings is 1. The highest BCUT2D eigenvalue weighted by molar-refractivity contribution is 5.33. The third-order valence-corrected chi connectivity index (χ3v) is 2.72. The standard InChI is InChI=1S/C14H18N2O/c1-4-16-10-15-8-13(16)9-17-14-6-11(2)5-12(3)7-14/h5-8,10H,4,9H2,1-3H3. The molecule has 0 saturated heterocycles. The van der Waals surface area contributed by atoms with Crippen molar-refractivity contribution in [2.45, 2.75) is 33.9 Å². The van der Waals surface area contributed by atoms with Crippen LogP contribution in [0, 0.1) is 13.8 Å². The van der Waals surface area contributed by atoms with Gasteiger partial charge in [0.05, 0.1) is 18.2 Å². The van der Waals surface area contributed by atoms with Gasteiger partial charge in [0.2, 0.25) is 0 Å². The van der Waals surface area contributed by atoms with Crippen molar-refractivity contribution in [3.05, 3.63) is 47.5 Å². The third kappa shape index (κ3) is 2.87. The van der Waals surface area contributed by atoms with Gasteiger partial charge in [0.15, 0.2) is 0 Å². The van der Waals surface area contributed by atoms with Crippen molar-refractivity contribution in [2.24, 2.45) is 0 Å². The molecule has 0 saturated carbocycles. The van der Waals surface area contributed by atoms with Crippen LogP contribution in [-0.2, 0) is 13.2 Å². The maximum Gasteiger partial charge on any atom is 0.130 e. The van der Waals surface area contributed by atoms with E-state index >= 15 is 0 Å². The Morgan fingerprint density at radius 3 is 2.53 bits per heavy atom. The quantitative estimate of drug-likeness (QED) is 0.807. The number of rotatable bonds is 4. The van der Waals surface area contributed by atoms with Crippen LogP contribution in [0.2, 0.25) is 0 Å². The Bertz CT molecular complexity index is 482. The summed E-state index contributed by atoms with van der Waals surface area (Å²) in [6.45, 7) is 7.75. The molecule has 3 heteroatoms. The van der Waals surface area contributed by atoms with E-state index in [9.17, 15) is 0 Å². The number of benzene rings is 1. The van der Waals surface area contributed by atoms with E-state index in [1.54, 1.807) is 0 Å². The first-order valence-corrected chi connectivity index (χ1v) is 5.89. The van der Waals surface area contributed by atoms with Crippen molar-refractivity contribution in [2.75, 3.05) is 0 Å². The van der Waals surface area contributed by atoms with E-state index in [1.807, 2.05) is 12.5 Å². The SMILES string of the molecule is CCn1cncc1COc1cc(C)cc(C)c1. The molecule has 2 aromatic rings. The monoisotopic (exact) mass is 230 g/mol. The first-order valence-electron chi connectivity index (χ1n) is 5.89. The molecule has 0 atom stereocenters. The smallest absolute Gasteiger partial charge is 0.130 e. The summed E-state index contributed by atoms with van der Waals surface area (Å²) in [6, 6.07) is 6.25. The second kappa shape index (κ2) is 5.04. The molecule has 0 unspecified atom stereocenters. The fourth-order valence-corrected chi connectivity index (χ4v) is 1.93. The van der Waals surface area contributed by atoms with Crippen LogP contribution < -0.4 is 4.74 Å². The van der Waals surface area contributed by atoms with Crippen LogP contribution in [-0.4, -0.2) is 9.55 Å². The Labute approximate surface area is 102 Å². The summed E-state index contributed by atoms with van der Waals surface area (Å²) in [5.41, 5.74) is 3.56. The predicted octanol–water partition coefficient (Wildman–Crippen LogP) is 3.10. The summed E-state index contributed by atoms with van der Waals surface area (Å²) in [5, 5.41) is 0. The Balaban J connectivity index is 2.07. The lowest BCUT2D eigenvalue weighted by Crippen LogP contribution is -2.03. The normalized spacial score (nSPS) is 10.5. The van der Waals surface area contributed by atoms with E-state index in [0.717, 1.165) is 18.0 Å². The van der Waals surface area contributed by atoms with Gasteiger partial charge in [0, 0.05) is 6.54 Å². The molecule has 0 bridgehead atoms. The molecule has 0 spiro atoms. The molecule has 90 valence electrons. The summed E-state index contributed by atoms with van der Waals surface area (Å²) in [5.74, 6) is 0.923. The van der Waals surface area contributed by atoms with Crippen molar-refractivity contribution >= 4 is 0 Å². The molecule has 1 aromatic heterocycles. The third-order valence-electron chi connectivity index (χ3n) is 2.72. The van der Waals surface area contributed by atoms with Gasteiger partial charge in [-0.05, 0) is 44.0 Å². The highest BCUT2D eigenvalue weighted by Gasteiger charge is 2.02. The van der Waals surface area contributed by atoms with E-state index in [2.05, 4.69) is 48.5 Å². The number of aryl methyl sites for hydroxylation is 3. The summed E-state index contributed by atoms with van der Waals surface area (Å²) < 4.78 is 7.88. The van der Waals surface area contributed by atoms with Gasteiger partial charge in [-0.15, -0.1) is 0 Å². The van der Waals surface area contributed by atoms with Gasteiger partial charge in [-0.25, -0.2) is 4.98 Å². The average molecular weight is 230 g/mol. The molecule has 0 aliphatic heterocycles. The Hall–Kier alpha value is -1.77. The number of hydrogen-bond acceptors (Lipinski definition) is 2. The van der Waals surface area contributed by atoms with E-state index in [1.165, 1.54) is 11.1 Å². The van der Waals surface area contributed by atoms with Gasteiger partial charge in [0.1, 0.15) is 12.4 Å². The van der Waals surface area contributed by atoms with Crippen molar-refractivity contribution < 1.29 is 4.74 Å². The van der Waals surface area contributed by atoms with E-state index < -0.39 is 0 Å². The summed E-state index contributed by atoms with van der Waals surface area (Å²) in [7, 11) is 0. The van der Waals surface area contributed by atoms with E-state index in [-0.39, 0.29) is 0 Å². The number of hydrogen-bond donors (Lipinski definition) is 0. The van der Waals surface area contributed by atoms with Crippen LogP contribution >= 0.6 is 0 Å². The topological polar surface area (TPSA) is 27.1 Å². The summed E-state index contributed by atoms with van der Waals surface area (Å²) in [4.78, 5) is 4.12. The lowest BCUT2D eigenvalue weighted by molar-refractivity contribution is 0.295. The second-order valence-electron chi connectivity index (χ2n) is 4.28. The first-order chi connectivity index (χ1) is 8.19. The van der Waals surface area contributed by atoms with Crippen molar-refractivity contribution in [1.82, 2.24) is 9.55 Å². The average Bonchev–Trinajstić information content (AvgIpc) is 2.72. The predicted molar refractivity (Wildman–Crippen MR) is 68.1 cm³/mol. The fourth-order valence-electron chi connectivity index (χ4n) is 1.93. The number of ether oxygens (including phenoxy) is 1. The van der Waals surface area contributed by atoms with Gasteiger partial charge < -0.3 is 9.30 Å². The zero-order chi connectivity index (χ0) is 12.3. The molecule has 0 N–H and O–H groups in total. The van der Waals surface area contributed by atoms with Crippen LogP contribution in [0.3, 0.4) is 0 Å². The highest BCUT2D eigenvalue weighted by atomic mass is 16.5. The van der Waals surface area contributed by atoms with Crippen LogP contribution in [0.15, 0.2) is 30.7 Å². The first kappa shape index (κ1) is 11.7. The lowest BCUT2D eigenvalue weighted by Gasteiger charge is -2.09. The van der Waals surface area contributed by atoms with Gasteiger partial charge >= 0.3 is 0 Å². The molecule has 0 radical (unpaired) electrons. The molecule has 0 fully saturated rings. The summed E-state index contributed by atoms with van der Waals surface area (Å²) >= 11 is 0. The second-order valence-corrected chi connectivity index (χ2v) is 4.28. The molecular weight excluding hydrogens is 212 g/mol. The molecule has 1 heterocycles. The molecular formula is C14H18N2O. The van der Waals surface area contributed by atoms with Gasteiger partial charge in [-0.3, -0.25) is 0 Å². The molecule has 0 aliphatic carbocycles. The Morgan fingerprint density at radius 1 is 1.18 bits per heavy atom. The minimum Gasteiger partial charge on any atom is -0.487 e. The van der Waals surface area contributed by atoms with Crippen molar-refractivity contribution in [3.63, 3.8) is 0 Å². The largest absolute Gasteiger partial charge is 0.487 e. The maximum absolute atomic E-state index is 5.79. The van der Waals surface area contributed by atoms with E-state index in [4.69, 9.17) is 4.74 Å². The molecule has 2 rings (SSSR count). The van der Waals surface area contributed by atoms with Crippen LogP contribution in [0.4, 0.5) is 0 Å². The Kier molecular flexibility index (Phi) is 3.47. The van der Waals surface area contributed by atoms with Gasteiger partial charge in [0.25, 0.3) is 0 Å². The number of aromatic nitrogens is 2. The van der Waals surface area contributed by atoms with Gasteiger partial charge in [-0.2, -0.15) is 0 Å². The van der Waals surface area contributed by atoms with E-state index in [0.29, 0.717) is 6.61 Å². The van der Waals surface area contributed by atoms with Crippen LogP contribution in [0.5, 0.6) is 5.75 Å². The zero-order valence-electron chi connectivity index (χ0n) is 10.6. The molecule has 0 amide bonds. The van der Waals surface area contributed by atoms with Crippen LogP contribution in [0.1, 0.15) is 23.7 Å². The lowest BCUT2D eigenvalue weighted by atomic mass is 10.1.